The number of carbonyl (C=O) groups excluding carboxylic acids is 1. The van der Waals surface area contributed by atoms with E-state index in [4.69, 9.17) is 4.84 Å². The molecule has 4 nitrogen and oxygen atoms in total. The molecule has 0 heterocycles. The van der Waals surface area contributed by atoms with Crippen molar-refractivity contribution in [3.05, 3.63) is 0 Å². The van der Waals surface area contributed by atoms with Crippen LogP contribution in [-0.2, 0) is 9.63 Å². The fraction of sp³-hybridized carbons (Fsp3) is 0.889. The van der Waals surface area contributed by atoms with Crippen LogP contribution in [0.4, 0.5) is 0 Å². The second-order valence-electron chi connectivity index (χ2n) is 4.38. The number of nitrogens with one attached hydrogen (secondary N) is 2. The van der Waals surface area contributed by atoms with E-state index in [0.29, 0.717) is 6.04 Å². The van der Waals surface area contributed by atoms with Gasteiger partial charge in [-0.05, 0) is 33.6 Å². The minimum absolute atomic E-state index is 0.00625. The molecule has 0 bridgehead atoms. The van der Waals surface area contributed by atoms with Gasteiger partial charge in [0.2, 0.25) is 5.91 Å². The molecular weight excluding hydrogens is 168 g/mol. The summed E-state index contributed by atoms with van der Waals surface area (Å²) >= 11 is 0. The molecule has 0 atom stereocenters. The van der Waals surface area contributed by atoms with Gasteiger partial charge < -0.3 is 5.32 Å². The Morgan fingerprint density at radius 1 is 1.46 bits per heavy atom. The Morgan fingerprint density at radius 3 is 2.54 bits per heavy atom. The Balaban J connectivity index is 2.01. The van der Waals surface area contributed by atoms with E-state index < -0.39 is 0 Å². The van der Waals surface area contributed by atoms with Crippen LogP contribution in [0.1, 0.15) is 33.6 Å². The van der Waals surface area contributed by atoms with Gasteiger partial charge in [-0.2, -0.15) is 5.48 Å². The van der Waals surface area contributed by atoms with Gasteiger partial charge in [0, 0.05) is 6.04 Å². The molecule has 0 radical (unpaired) electrons. The average molecular weight is 186 g/mol. The summed E-state index contributed by atoms with van der Waals surface area (Å²) in [7, 11) is 0. The first-order valence-electron chi connectivity index (χ1n) is 4.67. The number of hydrogen-bond acceptors (Lipinski definition) is 3. The predicted octanol–water partition coefficient (Wildman–Crippen LogP) is 0.585. The van der Waals surface area contributed by atoms with Gasteiger partial charge in [-0.1, -0.05) is 0 Å². The van der Waals surface area contributed by atoms with E-state index in [9.17, 15) is 4.79 Å². The van der Waals surface area contributed by atoms with Crippen LogP contribution in [0.25, 0.3) is 0 Å². The van der Waals surface area contributed by atoms with Crippen LogP contribution in [0.15, 0.2) is 0 Å². The van der Waals surface area contributed by atoms with Crippen molar-refractivity contribution in [2.24, 2.45) is 0 Å². The SMILES string of the molecule is CC(C)(C)ONCC(=O)NC1CC1. The lowest BCUT2D eigenvalue weighted by atomic mass is 10.2. The van der Waals surface area contributed by atoms with Crippen LogP contribution in [0, 0.1) is 0 Å². The maximum absolute atomic E-state index is 11.1. The highest BCUT2D eigenvalue weighted by Gasteiger charge is 2.23. The van der Waals surface area contributed by atoms with Crippen molar-refractivity contribution in [3.63, 3.8) is 0 Å². The summed E-state index contributed by atoms with van der Waals surface area (Å²) in [6, 6.07) is 0.420. The first-order valence-corrected chi connectivity index (χ1v) is 4.67. The molecule has 1 saturated carbocycles. The van der Waals surface area contributed by atoms with Gasteiger partial charge >= 0.3 is 0 Å². The second kappa shape index (κ2) is 4.07. The monoisotopic (exact) mass is 186 g/mol. The fourth-order valence-electron chi connectivity index (χ4n) is 0.825. The van der Waals surface area contributed by atoms with E-state index in [1.54, 1.807) is 0 Å². The highest BCUT2D eigenvalue weighted by atomic mass is 16.7. The first kappa shape index (κ1) is 10.5. The lowest BCUT2D eigenvalue weighted by molar-refractivity contribution is -0.127. The molecule has 2 N–H and O–H groups in total. The van der Waals surface area contributed by atoms with Crippen molar-refractivity contribution >= 4 is 5.91 Å². The Bertz CT molecular complexity index is 183. The molecule has 0 aromatic heterocycles. The Labute approximate surface area is 79.0 Å². The average Bonchev–Trinajstić information content (AvgIpc) is 2.68. The molecule has 1 fully saturated rings. The maximum atomic E-state index is 11.1. The van der Waals surface area contributed by atoms with Crippen LogP contribution < -0.4 is 10.8 Å². The lowest BCUT2D eigenvalue weighted by Crippen LogP contribution is -2.38. The zero-order valence-corrected chi connectivity index (χ0v) is 8.52. The van der Waals surface area contributed by atoms with Gasteiger partial charge in [0.1, 0.15) is 0 Å². The highest BCUT2D eigenvalue weighted by molar-refractivity contribution is 5.78. The molecule has 0 saturated heterocycles. The standard InChI is InChI=1S/C9H18N2O2/c1-9(2,3)13-10-6-8(12)11-7-4-5-7/h7,10H,4-6H2,1-3H3,(H,11,12). The van der Waals surface area contributed by atoms with Crippen molar-refractivity contribution in [1.29, 1.82) is 0 Å². The zero-order chi connectivity index (χ0) is 9.90. The summed E-state index contributed by atoms with van der Waals surface area (Å²) in [6.07, 6.45) is 2.23. The van der Waals surface area contributed by atoms with Gasteiger partial charge in [0.25, 0.3) is 0 Å². The Hall–Kier alpha value is -0.610. The summed E-state index contributed by atoms with van der Waals surface area (Å²) in [5, 5.41) is 2.86. The van der Waals surface area contributed by atoms with Gasteiger partial charge in [-0.15, -0.1) is 0 Å². The maximum Gasteiger partial charge on any atom is 0.236 e. The summed E-state index contributed by atoms with van der Waals surface area (Å²) in [5.41, 5.74) is 2.40. The number of carbonyl (C=O) groups is 1. The van der Waals surface area contributed by atoms with Crippen LogP contribution >= 0.6 is 0 Å². The van der Waals surface area contributed by atoms with E-state index in [1.165, 1.54) is 0 Å². The smallest absolute Gasteiger partial charge is 0.236 e. The normalized spacial score (nSPS) is 17.2. The molecule has 1 amide bonds. The van der Waals surface area contributed by atoms with Crippen molar-refractivity contribution in [3.8, 4) is 0 Å². The molecule has 0 aromatic rings. The van der Waals surface area contributed by atoms with Crippen LogP contribution in [0.3, 0.4) is 0 Å². The Kier molecular flexibility index (Phi) is 3.27. The molecule has 0 aromatic carbocycles. The molecule has 13 heavy (non-hydrogen) atoms. The minimum Gasteiger partial charge on any atom is -0.352 e. The van der Waals surface area contributed by atoms with Crippen LogP contribution in [0.5, 0.6) is 0 Å². The number of amides is 1. The van der Waals surface area contributed by atoms with E-state index in [-0.39, 0.29) is 18.1 Å². The summed E-state index contributed by atoms with van der Waals surface area (Å²) in [6.45, 7) is 6.02. The third-order valence-electron chi connectivity index (χ3n) is 1.55. The Morgan fingerprint density at radius 2 is 2.08 bits per heavy atom. The van der Waals surface area contributed by atoms with Crippen molar-refractivity contribution < 1.29 is 9.63 Å². The third-order valence-corrected chi connectivity index (χ3v) is 1.55. The van der Waals surface area contributed by atoms with E-state index in [2.05, 4.69) is 10.8 Å². The minimum atomic E-state index is -0.250. The summed E-state index contributed by atoms with van der Waals surface area (Å²) < 4.78 is 0. The largest absolute Gasteiger partial charge is 0.352 e. The van der Waals surface area contributed by atoms with Crippen molar-refractivity contribution in [2.75, 3.05) is 6.54 Å². The topological polar surface area (TPSA) is 50.4 Å². The van der Waals surface area contributed by atoms with Crippen molar-refractivity contribution in [1.82, 2.24) is 10.8 Å². The summed E-state index contributed by atoms with van der Waals surface area (Å²) in [5.74, 6) is 0.00625. The predicted molar refractivity (Wildman–Crippen MR) is 50.0 cm³/mol. The highest BCUT2D eigenvalue weighted by Crippen LogP contribution is 2.18. The molecule has 4 heteroatoms. The molecule has 0 spiro atoms. The second-order valence-corrected chi connectivity index (χ2v) is 4.38. The molecule has 1 rings (SSSR count). The van der Waals surface area contributed by atoms with Gasteiger partial charge in [0.05, 0.1) is 12.1 Å². The number of hydroxylamine groups is 1. The summed E-state index contributed by atoms with van der Waals surface area (Å²) in [4.78, 5) is 16.3. The van der Waals surface area contributed by atoms with E-state index in [1.807, 2.05) is 20.8 Å². The number of hydrogen-bond donors (Lipinski definition) is 2. The molecule has 0 unspecified atom stereocenters. The van der Waals surface area contributed by atoms with Crippen molar-refractivity contribution in [2.45, 2.75) is 45.3 Å². The molecule has 0 aliphatic heterocycles. The van der Waals surface area contributed by atoms with Gasteiger partial charge in [0.15, 0.2) is 0 Å². The third kappa shape index (κ3) is 5.60. The first-order chi connectivity index (χ1) is 5.97. The molecule has 1 aliphatic carbocycles. The quantitative estimate of drug-likeness (QED) is 0.632. The lowest BCUT2D eigenvalue weighted by Gasteiger charge is -2.18. The number of rotatable bonds is 4. The van der Waals surface area contributed by atoms with Gasteiger partial charge in [-0.25, -0.2) is 0 Å². The molecular formula is C9H18N2O2. The van der Waals surface area contributed by atoms with E-state index in [0.717, 1.165) is 12.8 Å². The molecule has 1 aliphatic rings. The van der Waals surface area contributed by atoms with E-state index >= 15 is 0 Å². The zero-order valence-electron chi connectivity index (χ0n) is 8.52. The van der Waals surface area contributed by atoms with Gasteiger partial charge in [-0.3, -0.25) is 9.63 Å². The van der Waals surface area contributed by atoms with Crippen LogP contribution in [-0.4, -0.2) is 24.1 Å². The van der Waals surface area contributed by atoms with Crippen LogP contribution in [0.2, 0.25) is 0 Å². The fourth-order valence-corrected chi connectivity index (χ4v) is 0.825. The molecule has 76 valence electrons.